The van der Waals surface area contributed by atoms with Crippen molar-refractivity contribution in [1.29, 1.82) is 0 Å². The molecule has 6 aromatic heterocycles. The van der Waals surface area contributed by atoms with Gasteiger partial charge in [0, 0.05) is 42.8 Å². The Kier molecular flexibility index (Phi) is 13.8. The van der Waals surface area contributed by atoms with Crippen LogP contribution in [0.25, 0.3) is 67.9 Å². The van der Waals surface area contributed by atoms with Crippen molar-refractivity contribution in [1.82, 2.24) is 45.5 Å². The fraction of sp³-hybridized carbons (Fsp3) is 0.0667. The van der Waals surface area contributed by atoms with E-state index in [0.29, 0.717) is 22.8 Å². The smallest absolute Gasteiger partial charge is 0.432 e. The van der Waals surface area contributed by atoms with E-state index < -0.39 is 23.7 Å². The zero-order chi connectivity index (χ0) is 42.1. The summed E-state index contributed by atoms with van der Waals surface area (Å²) >= 11 is 0. The molecule has 9 rings (SSSR count). The first-order valence-electron chi connectivity index (χ1n) is 18.0. The van der Waals surface area contributed by atoms with E-state index in [4.69, 9.17) is 0 Å². The Labute approximate surface area is 358 Å². The molecular formula is C45H29F6IrN9-4. The molecule has 16 heteroatoms. The zero-order valence-corrected chi connectivity index (χ0v) is 34.0. The number of hydrogen-bond acceptors (Lipinski definition) is 6. The number of aromatic nitrogens is 9. The summed E-state index contributed by atoms with van der Waals surface area (Å²) in [4.78, 5) is 13.3. The van der Waals surface area contributed by atoms with Crippen LogP contribution in [0.15, 0.2) is 152 Å². The minimum Gasteiger partial charge on any atom is -0.574 e. The van der Waals surface area contributed by atoms with Crippen molar-refractivity contribution < 1.29 is 46.4 Å². The molecule has 1 radical (unpaired) electrons. The van der Waals surface area contributed by atoms with Crippen LogP contribution in [0.1, 0.15) is 17.1 Å². The van der Waals surface area contributed by atoms with Crippen molar-refractivity contribution in [3.63, 3.8) is 0 Å². The van der Waals surface area contributed by atoms with E-state index in [1.165, 1.54) is 0 Å². The van der Waals surface area contributed by atoms with E-state index in [2.05, 4.69) is 52.6 Å². The van der Waals surface area contributed by atoms with Gasteiger partial charge in [-0.2, -0.15) is 31.4 Å². The van der Waals surface area contributed by atoms with Gasteiger partial charge in [0.2, 0.25) is 0 Å². The summed E-state index contributed by atoms with van der Waals surface area (Å²) in [5.74, 6) is 0. The average molecular weight is 1000 g/mol. The molecule has 0 bridgehead atoms. The van der Waals surface area contributed by atoms with E-state index in [1.54, 1.807) is 42.5 Å². The summed E-state index contributed by atoms with van der Waals surface area (Å²) in [5.41, 5.74) is 6.48. The van der Waals surface area contributed by atoms with Gasteiger partial charge in [-0.05, 0) is 54.7 Å². The van der Waals surface area contributed by atoms with Gasteiger partial charge in [-0.1, -0.05) is 78.1 Å². The Balaban J connectivity index is 0.000000152. The monoisotopic (exact) mass is 1000 g/mol. The summed E-state index contributed by atoms with van der Waals surface area (Å²) in [6.45, 7) is 1.92. The molecule has 309 valence electrons. The maximum atomic E-state index is 12.6. The summed E-state index contributed by atoms with van der Waals surface area (Å²) < 4.78 is 75.3. The van der Waals surface area contributed by atoms with E-state index in [9.17, 15) is 26.3 Å². The van der Waals surface area contributed by atoms with Gasteiger partial charge in [0.25, 0.3) is 0 Å². The first-order chi connectivity index (χ1) is 28.9. The fourth-order valence-electron chi connectivity index (χ4n) is 5.58. The minimum absolute atomic E-state index is 0. The van der Waals surface area contributed by atoms with Gasteiger partial charge in [0.1, 0.15) is 17.1 Å². The van der Waals surface area contributed by atoms with Gasteiger partial charge in [0.05, 0.1) is 11.4 Å². The Morgan fingerprint density at radius 2 is 1.00 bits per heavy atom. The first kappa shape index (κ1) is 43.5. The summed E-state index contributed by atoms with van der Waals surface area (Å²) in [7, 11) is 0. The second-order valence-electron chi connectivity index (χ2n) is 12.8. The Morgan fingerprint density at radius 3 is 1.49 bits per heavy atom. The van der Waals surface area contributed by atoms with Gasteiger partial charge < -0.3 is 20.4 Å². The molecule has 6 heterocycles. The zero-order valence-electron chi connectivity index (χ0n) is 31.6. The molecule has 3 aromatic carbocycles. The standard InChI is InChI=1S/C15H10F3N3.C15H8F3N3.C15H11N3.Ir/c2*16-15(17,18)14-9-13(20-21-14)12-8-4-7-11(19-12)10-5-2-1-3-6-10;1-11-10-15(18-17-11)14-9-5-8-13(16-14)12-6-3-2-4-7-12;/h1-9H,(H,20,21);1-5,7-9H;2-6,8-10H,1H3;/q;2*-2;. The normalized spacial score (nSPS) is 11.1. The van der Waals surface area contributed by atoms with Crippen LogP contribution in [0, 0.1) is 19.1 Å². The van der Waals surface area contributed by atoms with Crippen LogP contribution in [-0.2, 0) is 32.5 Å². The number of benzene rings is 3. The van der Waals surface area contributed by atoms with Crippen LogP contribution in [0.3, 0.4) is 0 Å². The number of nitrogens with one attached hydrogen (secondary N) is 1. The summed E-state index contributed by atoms with van der Waals surface area (Å²) in [6.07, 6.45) is -8.95. The topological polar surface area (TPSA) is 121 Å². The van der Waals surface area contributed by atoms with Gasteiger partial charge in [0.15, 0.2) is 0 Å². The molecule has 0 aliphatic rings. The molecule has 0 aliphatic carbocycles. The third-order valence-corrected chi connectivity index (χ3v) is 8.45. The second-order valence-corrected chi connectivity index (χ2v) is 12.8. The first-order valence-corrected chi connectivity index (χ1v) is 18.0. The third kappa shape index (κ3) is 11.4. The molecule has 9 aromatic rings. The molecular weight excluding hydrogens is 973 g/mol. The summed E-state index contributed by atoms with van der Waals surface area (Å²) in [6, 6.07) is 50.5. The molecule has 0 atom stereocenters. The van der Waals surface area contributed by atoms with Crippen LogP contribution in [0.5, 0.6) is 0 Å². The van der Waals surface area contributed by atoms with Crippen molar-refractivity contribution in [2.24, 2.45) is 0 Å². The summed E-state index contributed by atoms with van der Waals surface area (Å²) in [5, 5.41) is 20.5. The van der Waals surface area contributed by atoms with Crippen molar-refractivity contribution in [2.45, 2.75) is 19.3 Å². The molecule has 1 N–H and O–H groups in total. The average Bonchev–Trinajstić information content (AvgIpc) is 4.08. The number of alkyl halides is 6. The number of H-pyrrole nitrogens is 1. The van der Waals surface area contributed by atoms with Crippen LogP contribution < -0.4 is 10.2 Å². The predicted molar refractivity (Wildman–Crippen MR) is 212 cm³/mol. The number of nitrogens with zero attached hydrogens (tertiary/aromatic N) is 8. The molecule has 0 fully saturated rings. The van der Waals surface area contributed by atoms with Crippen LogP contribution in [0.4, 0.5) is 26.3 Å². The third-order valence-electron chi connectivity index (χ3n) is 8.45. The van der Waals surface area contributed by atoms with Crippen molar-refractivity contribution in [3.8, 4) is 67.9 Å². The van der Waals surface area contributed by atoms with Gasteiger partial charge >= 0.3 is 12.4 Å². The Bertz CT molecular complexity index is 2640. The number of hydrogen-bond donors (Lipinski definition) is 1. The van der Waals surface area contributed by atoms with Gasteiger partial charge in [-0.25, -0.2) is 4.98 Å². The molecule has 61 heavy (non-hydrogen) atoms. The molecule has 0 aliphatic heterocycles. The van der Waals surface area contributed by atoms with Crippen molar-refractivity contribution >= 4 is 0 Å². The van der Waals surface area contributed by atoms with Crippen molar-refractivity contribution in [3.05, 3.63) is 181 Å². The second kappa shape index (κ2) is 19.4. The number of aryl methyl sites for hydroxylation is 1. The van der Waals surface area contributed by atoms with E-state index in [-0.39, 0.29) is 31.5 Å². The van der Waals surface area contributed by atoms with E-state index >= 15 is 0 Å². The Hall–Kier alpha value is -7.03. The van der Waals surface area contributed by atoms with Crippen LogP contribution >= 0.6 is 0 Å². The molecule has 0 amide bonds. The number of rotatable bonds is 6. The van der Waals surface area contributed by atoms with E-state index in [0.717, 1.165) is 51.6 Å². The fourth-order valence-corrected chi connectivity index (χ4v) is 5.58. The molecule has 0 saturated heterocycles. The maximum Gasteiger partial charge on any atom is 0.432 e. The SMILES string of the molecule is Cc1cc(-c2cccc(-c3[c-]cccc3)n2)[n-]n1.FC(F)(F)c1cc(-c2cccc(-c3[c-]cccc3)n2)[n-]n1.FC(F)(F)c1cc(-c2cccc(-c3ccccc3)n2)n[nH]1.[Ir]. The quantitative estimate of drug-likeness (QED) is 0.129. The Morgan fingerprint density at radius 1 is 0.492 bits per heavy atom. The van der Waals surface area contributed by atoms with Gasteiger partial charge in [-0.15, -0.1) is 71.8 Å². The predicted octanol–water partition coefficient (Wildman–Crippen LogP) is 10.6. The van der Waals surface area contributed by atoms with Crippen LogP contribution in [-0.4, -0.2) is 35.3 Å². The number of halogens is 6. The van der Waals surface area contributed by atoms with E-state index in [1.807, 2.05) is 109 Å². The van der Waals surface area contributed by atoms with Gasteiger partial charge in [-0.3, -0.25) is 15.1 Å². The van der Waals surface area contributed by atoms with Crippen LogP contribution in [0.2, 0.25) is 0 Å². The largest absolute Gasteiger partial charge is 0.574 e. The molecule has 0 spiro atoms. The maximum absolute atomic E-state index is 12.6. The number of pyridine rings is 3. The molecule has 0 unspecified atom stereocenters. The minimum atomic E-state index is -4.50. The molecule has 9 nitrogen and oxygen atoms in total. The molecule has 0 saturated carbocycles. The van der Waals surface area contributed by atoms with Crippen molar-refractivity contribution in [2.75, 3.05) is 0 Å². The number of aromatic amines is 1.